The zero-order valence-electron chi connectivity index (χ0n) is 11.7. The minimum absolute atomic E-state index is 0.183. The Bertz CT molecular complexity index is 328. The first kappa shape index (κ1) is 15.0. The van der Waals surface area contributed by atoms with Gasteiger partial charge in [0.05, 0.1) is 19.8 Å². The fraction of sp³-hybridized carbons (Fsp3) is 0.600. The zero-order valence-corrected chi connectivity index (χ0v) is 11.7. The van der Waals surface area contributed by atoms with E-state index in [4.69, 9.17) is 9.47 Å². The quantitative estimate of drug-likeness (QED) is 0.684. The fourth-order valence-corrected chi connectivity index (χ4v) is 1.94. The highest BCUT2D eigenvalue weighted by Crippen LogP contribution is 2.24. The van der Waals surface area contributed by atoms with Gasteiger partial charge in [-0.25, -0.2) is 0 Å². The van der Waals surface area contributed by atoms with Crippen molar-refractivity contribution in [1.29, 1.82) is 0 Å². The van der Waals surface area contributed by atoms with Crippen LogP contribution in [0.4, 0.5) is 0 Å². The van der Waals surface area contributed by atoms with Gasteiger partial charge < -0.3 is 14.8 Å². The number of methoxy groups -OCH3 is 1. The van der Waals surface area contributed by atoms with Gasteiger partial charge in [-0.1, -0.05) is 38.0 Å². The Hall–Kier alpha value is -1.06. The van der Waals surface area contributed by atoms with E-state index in [1.54, 1.807) is 7.11 Å². The number of likely N-dealkylation sites (N-methyl/N-ethyl adjacent to an activating group) is 1. The van der Waals surface area contributed by atoms with Crippen LogP contribution >= 0.6 is 0 Å². The van der Waals surface area contributed by atoms with Crippen LogP contribution in [0.1, 0.15) is 37.8 Å². The standard InChI is InChI=1S/C15H25NO2/c1-4-5-8-11-18-12-14(16-2)13-9-6-7-10-15(13)17-3/h6-7,9-10,14,16H,4-5,8,11-12H2,1-3H3. The Kier molecular flexibility index (Phi) is 7.46. The van der Waals surface area contributed by atoms with E-state index in [1.165, 1.54) is 12.8 Å². The van der Waals surface area contributed by atoms with Gasteiger partial charge in [0, 0.05) is 12.2 Å². The van der Waals surface area contributed by atoms with E-state index in [0.29, 0.717) is 6.61 Å². The van der Waals surface area contributed by atoms with Crippen LogP contribution in [0.25, 0.3) is 0 Å². The molecule has 0 radical (unpaired) electrons. The summed E-state index contributed by atoms with van der Waals surface area (Å²) in [6.07, 6.45) is 3.60. The van der Waals surface area contributed by atoms with Gasteiger partial charge >= 0.3 is 0 Å². The number of nitrogens with one attached hydrogen (secondary N) is 1. The summed E-state index contributed by atoms with van der Waals surface area (Å²) in [4.78, 5) is 0. The summed E-state index contributed by atoms with van der Waals surface area (Å²) in [7, 11) is 3.65. The summed E-state index contributed by atoms with van der Waals surface area (Å²) in [5, 5.41) is 3.28. The summed E-state index contributed by atoms with van der Waals surface area (Å²) in [5.74, 6) is 0.911. The van der Waals surface area contributed by atoms with Crippen molar-refractivity contribution in [3.05, 3.63) is 29.8 Å². The first-order valence-corrected chi connectivity index (χ1v) is 6.71. The number of unbranched alkanes of at least 4 members (excludes halogenated alkanes) is 2. The molecule has 0 bridgehead atoms. The van der Waals surface area contributed by atoms with Crippen LogP contribution in [0.5, 0.6) is 5.75 Å². The van der Waals surface area contributed by atoms with Gasteiger partial charge in [-0.2, -0.15) is 0 Å². The van der Waals surface area contributed by atoms with Crippen LogP contribution in [0, 0.1) is 0 Å². The van der Waals surface area contributed by atoms with Crippen molar-refractivity contribution in [2.75, 3.05) is 27.4 Å². The molecule has 0 fully saturated rings. The normalized spacial score (nSPS) is 12.4. The first-order chi connectivity index (χ1) is 8.83. The fourth-order valence-electron chi connectivity index (χ4n) is 1.94. The largest absolute Gasteiger partial charge is 0.496 e. The number of hydrogen-bond acceptors (Lipinski definition) is 3. The summed E-state index contributed by atoms with van der Waals surface area (Å²) in [5.41, 5.74) is 1.15. The van der Waals surface area contributed by atoms with E-state index in [0.717, 1.165) is 24.3 Å². The molecule has 1 atom stereocenters. The topological polar surface area (TPSA) is 30.5 Å². The lowest BCUT2D eigenvalue weighted by atomic mass is 10.1. The molecule has 0 aromatic heterocycles. The van der Waals surface area contributed by atoms with Crippen LogP contribution in [0.2, 0.25) is 0 Å². The van der Waals surface area contributed by atoms with Crippen LogP contribution < -0.4 is 10.1 Å². The zero-order chi connectivity index (χ0) is 13.2. The predicted octanol–water partition coefficient (Wildman–Crippen LogP) is 3.16. The maximum atomic E-state index is 5.72. The van der Waals surface area contributed by atoms with Crippen molar-refractivity contribution in [2.24, 2.45) is 0 Å². The highest BCUT2D eigenvalue weighted by molar-refractivity contribution is 5.35. The van der Waals surface area contributed by atoms with E-state index >= 15 is 0 Å². The number of benzene rings is 1. The van der Waals surface area contributed by atoms with Crippen LogP contribution in [0.3, 0.4) is 0 Å². The van der Waals surface area contributed by atoms with Crippen molar-refractivity contribution >= 4 is 0 Å². The van der Waals surface area contributed by atoms with Gasteiger partial charge in [0.1, 0.15) is 5.75 Å². The van der Waals surface area contributed by atoms with Crippen molar-refractivity contribution in [1.82, 2.24) is 5.32 Å². The Labute approximate surface area is 110 Å². The molecule has 3 nitrogen and oxygen atoms in total. The van der Waals surface area contributed by atoms with Crippen molar-refractivity contribution in [3.63, 3.8) is 0 Å². The molecule has 0 saturated heterocycles. The molecule has 0 spiro atoms. The van der Waals surface area contributed by atoms with Crippen LogP contribution in [-0.2, 0) is 4.74 Å². The van der Waals surface area contributed by atoms with E-state index in [2.05, 4.69) is 18.3 Å². The van der Waals surface area contributed by atoms with Gasteiger partial charge in [0.25, 0.3) is 0 Å². The van der Waals surface area contributed by atoms with Gasteiger partial charge in [0.2, 0.25) is 0 Å². The lowest BCUT2D eigenvalue weighted by Gasteiger charge is -2.19. The molecule has 1 rings (SSSR count). The molecule has 1 unspecified atom stereocenters. The summed E-state index contributed by atoms with van der Waals surface area (Å²) < 4.78 is 11.1. The molecular weight excluding hydrogens is 226 g/mol. The molecule has 3 heteroatoms. The molecule has 0 aliphatic heterocycles. The van der Waals surface area contributed by atoms with Crippen LogP contribution in [0.15, 0.2) is 24.3 Å². The first-order valence-electron chi connectivity index (χ1n) is 6.71. The van der Waals surface area contributed by atoms with Gasteiger partial charge in [-0.05, 0) is 19.5 Å². The number of rotatable bonds is 9. The van der Waals surface area contributed by atoms with E-state index in [1.807, 2.05) is 25.2 Å². The lowest BCUT2D eigenvalue weighted by molar-refractivity contribution is 0.109. The third kappa shape index (κ3) is 4.67. The van der Waals surface area contributed by atoms with Crippen molar-refractivity contribution in [3.8, 4) is 5.75 Å². The highest BCUT2D eigenvalue weighted by Gasteiger charge is 2.13. The summed E-state index contributed by atoms with van der Waals surface area (Å²) in [6, 6.07) is 8.26. The van der Waals surface area contributed by atoms with Gasteiger partial charge in [0.15, 0.2) is 0 Å². The molecule has 1 aromatic rings. The van der Waals surface area contributed by atoms with Crippen LogP contribution in [-0.4, -0.2) is 27.4 Å². The second kappa shape index (κ2) is 8.95. The van der Waals surface area contributed by atoms with E-state index < -0.39 is 0 Å². The summed E-state index contributed by atoms with van der Waals surface area (Å²) >= 11 is 0. The van der Waals surface area contributed by atoms with E-state index in [-0.39, 0.29) is 6.04 Å². The second-order valence-corrected chi connectivity index (χ2v) is 4.37. The van der Waals surface area contributed by atoms with E-state index in [9.17, 15) is 0 Å². The third-order valence-corrected chi connectivity index (χ3v) is 3.04. The minimum atomic E-state index is 0.183. The van der Waals surface area contributed by atoms with Gasteiger partial charge in [-0.15, -0.1) is 0 Å². The molecule has 102 valence electrons. The number of hydrogen-bond donors (Lipinski definition) is 1. The molecule has 0 saturated carbocycles. The third-order valence-electron chi connectivity index (χ3n) is 3.04. The molecule has 1 aromatic carbocycles. The maximum absolute atomic E-state index is 5.72. The Balaban J connectivity index is 2.49. The smallest absolute Gasteiger partial charge is 0.123 e. The average Bonchev–Trinajstić information content (AvgIpc) is 2.43. The minimum Gasteiger partial charge on any atom is -0.496 e. The van der Waals surface area contributed by atoms with Crippen molar-refractivity contribution in [2.45, 2.75) is 32.2 Å². The molecule has 0 heterocycles. The SMILES string of the molecule is CCCCCOCC(NC)c1ccccc1OC. The molecular formula is C15H25NO2. The molecule has 0 amide bonds. The molecule has 0 aliphatic carbocycles. The number of ether oxygens (including phenoxy) is 2. The number of para-hydroxylation sites is 1. The predicted molar refractivity (Wildman–Crippen MR) is 75.1 cm³/mol. The summed E-state index contributed by atoms with van der Waals surface area (Å²) in [6.45, 7) is 3.72. The second-order valence-electron chi connectivity index (χ2n) is 4.37. The Morgan fingerprint density at radius 3 is 2.67 bits per heavy atom. The Morgan fingerprint density at radius 1 is 1.22 bits per heavy atom. The Morgan fingerprint density at radius 2 is 2.00 bits per heavy atom. The van der Waals surface area contributed by atoms with Gasteiger partial charge in [-0.3, -0.25) is 0 Å². The maximum Gasteiger partial charge on any atom is 0.123 e. The van der Waals surface area contributed by atoms with Crippen molar-refractivity contribution < 1.29 is 9.47 Å². The lowest BCUT2D eigenvalue weighted by Crippen LogP contribution is -2.22. The molecule has 1 N–H and O–H groups in total. The monoisotopic (exact) mass is 251 g/mol. The average molecular weight is 251 g/mol. The highest BCUT2D eigenvalue weighted by atomic mass is 16.5. The molecule has 18 heavy (non-hydrogen) atoms. The molecule has 0 aliphatic rings.